The number of halogens is 2. The zero-order chi connectivity index (χ0) is 20.4. The Balaban J connectivity index is 1.55. The number of hydrogen-bond acceptors (Lipinski definition) is 5. The molecule has 9 heteroatoms. The first kappa shape index (κ1) is 20.0. The molecule has 1 N–H and O–H groups in total. The third kappa shape index (κ3) is 3.93. The van der Waals surface area contributed by atoms with Crippen molar-refractivity contribution in [3.8, 4) is 0 Å². The van der Waals surface area contributed by atoms with Crippen molar-refractivity contribution in [1.29, 1.82) is 0 Å². The van der Waals surface area contributed by atoms with Crippen LogP contribution in [-0.2, 0) is 14.3 Å². The fourth-order valence-electron chi connectivity index (χ4n) is 2.68. The van der Waals surface area contributed by atoms with Crippen molar-refractivity contribution in [3.05, 3.63) is 62.6 Å². The molecule has 3 rings (SSSR count). The van der Waals surface area contributed by atoms with Crippen LogP contribution in [-0.4, -0.2) is 41.7 Å². The normalized spacial score (nSPS) is 12.8. The lowest BCUT2D eigenvalue weighted by Crippen LogP contribution is -2.36. The second-order valence-electron chi connectivity index (χ2n) is 5.98. The molecule has 0 saturated carbocycles. The molecule has 1 aliphatic heterocycles. The quantitative estimate of drug-likeness (QED) is 0.541. The molecule has 0 bridgehead atoms. The summed E-state index contributed by atoms with van der Waals surface area (Å²) in [5.41, 5.74) is 1.61. The van der Waals surface area contributed by atoms with Crippen LogP contribution in [0.5, 0.6) is 0 Å². The van der Waals surface area contributed by atoms with E-state index in [0.29, 0.717) is 20.7 Å². The van der Waals surface area contributed by atoms with Crippen LogP contribution in [0, 0.1) is 6.92 Å². The molecular weight excluding hydrogens is 452 g/mol. The number of nitrogens with one attached hydrogen (secondary N) is 1. The van der Waals surface area contributed by atoms with E-state index in [0.717, 1.165) is 4.90 Å². The molecule has 0 atom stereocenters. The molecule has 0 radical (unpaired) electrons. The molecule has 7 nitrogen and oxygen atoms in total. The lowest BCUT2D eigenvalue weighted by atomic mass is 10.1. The van der Waals surface area contributed by atoms with Crippen molar-refractivity contribution in [2.75, 3.05) is 18.5 Å². The topological polar surface area (TPSA) is 92.8 Å². The van der Waals surface area contributed by atoms with Gasteiger partial charge >= 0.3 is 5.97 Å². The molecule has 0 saturated heterocycles. The van der Waals surface area contributed by atoms with E-state index >= 15 is 0 Å². The van der Waals surface area contributed by atoms with Gasteiger partial charge in [-0.3, -0.25) is 24.1 Å². The predicted octanol–water partition coefficient (Wildman–Crippen LogP) is 3.19. The number of carbonyl (C=O) groups excluding carboxylic acids is 4. The van der Waals surface area contributed by atoms with Gasteiger partial charge in [-0.15, -0.1) is 0 Å². The summed E-state index contributed by atoms with van der Waals surface area (Å²) in [6, 6.07) is 9.63. The van der Waals surface area contributed by atoms with Crippen molar-refractivity contribution in [1.82, 2.24) is 4.90 Å². The van der Waals surface area contributed by atoms with E-state index in [2.05, 4.69) is 21.2 Å². The number of hydrogen-bond donors (Lipinski definition) is 1. The van der Waals surface area contributed by atoms with E-state index in [1.165, 1.54) is 12.1 Å². The van der Waals surface area contributed by atoms with Gasteiger partial charge in [0.15, 0.2) is 6.61 Å². The highest BCUT2D eigenvalue weighted by Crippen LogP contribution is 2.31. The molecule has 0 aromatic heterocycles. The molecule has 0 fully saturated rings. The van der Waals surface area contributed by atoms with Crippen LogP contribution in [0.15, 0.2) is 40.9 Å². The molecule has 0 spiro atoms. The van der Waals surface area contributed by atoms with Crippen LogP contribution in [0.1, 0.15) is 26.3 Å². The highest BCUT2D eigenvalue weighted by atomic mass is 79.9. The molecule has 0 aliphatic carbocycles. The molecule has 1 heterocycles. The Morgan fingerprint density at radius 3 is 2.32 bits per heavy atom. The number of carbonyl (C=O) groups is 4. The molecule has 2 aromatic carbocycles. The predicted molar refractivity (Wildman–Crippen MR) is 105 cm³/mol. The van der Waals surface area contributed by atoms with E-state index in [4.69, 9.17) is 16.3 Å². The van der Waals surface area contributed by atoms with E-state index in [9.17, 15) is 19.2 Å². The molecule has 2 aromatic rings. The van der Waals surface area contributed by atoms with Gasteiger partial charge in [0.1, 0.15) is 6.54 Å². The van der Waals surface area contributed by atoms with Crippen LogP contribution in [0.2, 0.25) is 5.02 Å². The summed E-state index contributed by atoms with van der Waals surface area (Å²) in [5, 5.41) is 3.05. The first-order valence-electron chi connectivity index (χ1n) is 8.15. The molecule has 144 valence electrons. The SMILES string of the molecule is Cc1c(NC(=O)COC(=O)CN2C(=O)c3ccccc3C2=O)ccc(Br)c1Cl. The molecule has 0 unspecified atom stereocenters. The average molecular weight is 466 g/mol. The Bertz CT molecular complexity index is 973. The minimum absolute atomic E-state index is 0.237. The van der Waals surface area contributed by atoms with E-state index in [1.54, 1.807) is 31.2 Å². The summed E-state index contributed by atoms with van der Waals surface area (Å²) in [6.07, 6.45) is 0. The Kier molecular flexibility index (Phi) is 5.81. The van der Waals surface area contributed by atoms with Crippen molar-refractivity contribution in [2.24, 2.45) is 0 Å². The van der Waals surface area contributed by atoms with Crippen molar-refractivity contribution >= 4 is 56.9 Å². The maximum absolute atomic E-state index is 12.2. The summed E-state index contributed by atoms with van der Waals surface area (Å²) in [5.74, 6) is -2.57. The number of nitrogens with zero attached hydrogens (tertiary/aromatic N) is 1. The highest BCUT2D eigenvalue weighted by Gasteiger charge is 2.36. The van der Waals surface area contributed by atoms with E-state index < -0.39 is 36.8 Å². The zero-order valence-corrected chi connectivity index (χ0v) is 17.0. The van der Waals surface area contributed by atoms with Crippen LogP contribution in [0.25, 0.3) is 0 Å². The van der Waals surface area contributed by atoms with E-state index in [-0.39, 0.29) is 11.1 Å². The van der Waals surface area contributed by atoms with Gasteiger partial charge in [-0.1, -0.05) is 23.7 Å². The monoisotopic (exact) mass is 464 g/mol. The minimum Gasteiger partial charge on any atom is -0.454 e. The molecular formula is C19H14BrClN2O5. The van der Waals surface area contributed by atoms with Gasteiger partial charge < -0.3 is 10.1 Å². The summed E-state index contributed by atoms with van der Waals surface area (Å²) >= 11 is 9.39. The highest BCUT2D eigenvalue weighted by molar-refractivity contribution is 9.10. The lowest BCUT2D eigenvalue weighted by molar-refractivity contribution is -0.147. The van der Waals surface area contributed by atoms with Crippen LogP contribution >= 0.6 is 27.5 Å². The number of rotatable bonds is 5. The summed E-state index contributed by atoms with van der Waals surface area (Å²) in [6.45, 7) is 0.606. The summed E-state index contributed by atoms with van der Waals surface area (Å²) in [7, 11) is 0. The Morgan fingerprint density at radius 1 is 1.11 bits per heavy atom. The van der Waals surface area contributed by atoms with Gasteiger partial charge in [0, 0.05) is 10.2 Å². The van der Waals surface area contributed by atoms with Gasteiger partial charge in [0.05, 0.1) is 16.1 Å². The Hall–Kier alpha value is -2.71. The van der Waals surface area contributed by atoms with Crippen LogP contribution in [0.3, 0.4) is 0 Å². The number of benzene rings is 2. The van der Waals surface area contributed by atoms with Gasteiger partial charge in [0.25, 0.3) is 17.7 Å². The Labute approximate surface area is 173 Å². The van der Waals surface area contributed by atoms with Crippen molar-refractivity contribution < 1.29 is 23.9 Å². The van der Waals surface area contributed by atoms with Gasteiger partial charge in [-0.2, -0.15) is 0 Å². The zero-order valence-electron chi connectivity index (χ0n) is 14.6. The Morgan fingerprint density at radius 2 is 1.71 bits per heavy atom. The lowest BCUT2D eigenvalue weighted by Gasteiger charge is -2.14. The van der Waals surface area contributed by atoms with Crippen LogP contribution in [0.4, 0.5) is 5.69 Å². The first-order chi connectivity index (χ1) is 13.3. The molecule has 3 amide bonds. The largest absolute Gasteiger partial charge is 0.454 e. The maximum atomic E-state index is 12.2. The first-order valence-corrected chi connectivity index (χ1v) is 9.32. The molecule has 28 heavy (non-hydrogen) atoms. The minimum atomic E-state index is -0.866. The summed E-state index contributed by atoms with van der Waals surface area (Å²) in [4.78, 5) is 49.2. The number of esters is 1. The fraction of sp³-hybridized carbons (Fsp3) is 0.158. The number of imide groups is 1. The third-order valence-electron chi connectivity index (χ3n) is 4.14. The molecule has 1 aliphatic rings. The summed E-state index contributed by atoms with van der Waals surface area (Å²) < 4.78 is 5.58. The van der Waals surface area contributed by atoms with Crippen molar-refractivity contribution in [3.63, 3.8) is 0 Å². The second-order valence-corrected chi connectivity index (χ2v) is 7.22. The number of amides is 3. The van der Waals surface area contributed by atoms with Gasteiger partial charge in [-0.25, -0.2) is 0 Å². The standard InChI is InChI=1S/C19H14BrClN2O5/c1-10-14(7-6-13(20)17(10)21)22-15(24)9-28-16(25)8-23-18(26)11-4-2-3-5-12(11)19(23)27/h2-7H,8-9H2,1H3,(H,22,24). The number of ether oxygens (including phenoxy) is 1. The third-order valence-corrected chi connectivity index (χ3v) is 5.52. The van der Waals surface area contributed by atoms with E-state index in [1.807, 2.05) is 0 Å². The van der Waals surface area contributed by atoms with Gasteiger partial charge in [0.2, 0.25) is 0 Å². The maximum Gasteiger partial charge on any atom is 0.326 e. The fourth-order valence-corrected chi connectivity index (χ4v) is 3.27. The van der Waals surface area contributed by atoms with Crippen LogP contribution < -0.4 is 5.32 Å². The van der Waals surface area contributed by atoms with Crippen molar-refractivity contribution in [2.45, 2.75) is 6.92 Å². The van der Waals surface area contributed by atoms with Gasteiger partial charge in [-0.05, 0) is 52.7 Å². The number of anilines is 1. The smallest absolute Gasteiger partial charge is 0.326 e. The second kappa shape index (κ2) is 8.12. The average Bonchev–Trinajstić information content (AvgIpc) is 2.92. The number of fused-ring (bicyclic) bond motifs is 1.